The largest absolute Gasteiger partial charge is 0.306 e. The van der Waals surface area contributed by atoms with Crippen molar-refractivity contribution < 1.29 is 4.63 Å². The molecule has 0 fully saturated rings. The number of rotatable bonds is 5. The Morgan fingerprint density at radius 1 is 1.36 bits per heavy atom. The molecule has 0 saturated carbocycles. The summed E-state index contributed by atoms with van der Waals surface area (Å²) in [7, 11) is 0. The molecule has 0 aromatic carbocycles. The van der Waals surface area contributed by atoms with Gasteiger partial charge in [-0.15, -0.1) is 0 Å². The summed E-state index contributed by atoms with van der Waals surface area (Å²) in [5.41, 5.74) is 1.92. The van der Waals surface area contributed by atoms with Crippen LogP contribution in [0.5, 0.6) is 0 Å². The van der Waals surface area contributed by atoms with Gasteiger partial charge in [0.2, 0.25) is 0 Å². The summed E-state index contributed by atoms with van der Waals surface area (Å²) in [5, 5.41) is 11.0. The smallest absolute Gasteiger partial charge is 0.121 e. The van der Waals surface area contributed by atoms with Crippen molar-refractivity contribution in [2.45, 2.75) is 52.6 Å². The molecule has 1 N–H and O–H groups in total. The van der Waals surface area contributed by atoms with Gasteiger partial charge in [-0.25, -0.2) is 4.63 Å². The van der Waals surface area contributed by atoms with E-state index in [2.05, 4.69) is 41.0 Å². The van der Waals surface area contributed by atoms with Crippen molar-refractivity contribution in [3.63, 3.8) is 0 Å². The Bertz CT molecular complexity index is 281. The maximum Gasteiger partial charge on any atom is 0.121 e. The highest BCUT2D eigenvalue weighted by atomic mass is 16.6. The molecular weight excluding hydrogens is 178 g/mol. The lowest BCUT2D eigenvalue weighted by atomic mass is 9.99. The molecule has 80 valence electrons. The van der Waals surface area contributed by atoms with E-state index in [0.717, 1.165) is 24.4 Å². The Morgan fingerprint density at radius 3 is 2.57 bits per heavy atom. The average molecular weight is 197 g/mol. The molecule has 0 bridgehead atoms. The molecule has 14 heavy (non-hydrogen) atoms. The first-order valence-electron chi connectivity index (χ1n) is 5.08. The first-order valence-corrected chi connectivity index (χ1v) is 5.08. The summed E-state index contributed by atoms with van der Waals surface area (Å²) in [6.45, 7) is 9.20. The zero-order valence-electron chi connectivity index (χ0n) is 9.42. The zero-order valence-corrected chi connectivity index (χ0v) is 9.42. The maximum absolute atomic E-state index is 4.63. The van der Waals surface area contributed by atoms with Gasteiger partial charge in [0.1, 0.15) is 11.4 Å². The molecule has 1 heterocycles. The Labute approximate surface area is 85.0 Å². The van der Waals surface area contributed by atoms with Crippen molar-refractivity contribution in [2.24, 2.45) is 0 Å². The average Bonchev–Trinajstić information content (AvgIpc) is 2.48. The Morgan fingerprint density at radius 2 is 2.07 bits per heavy atom. The lowest BCUT2D eigenvalue weighted by Gasteiger charge is -2.25. The fourth-order valence-electron chi connectivity index (χ4n) is 1.45. The van der Waals surface area contributed by atoms with Crippen molar-refractivity contribution in [3.05, 3.63) is 11.4 Å². The number of hydrogen-bond acceptors (Lipinski definition) is 4. The van der Waals surface area contributed by atoms with Crippen LogP contribution in [0.25, 0.3) is 0 Å². The van der Waals surface area contributed by atoms with E-state index in [9.17, 15) is 0 Å². The highest BCUT2D eigenvalue weighted by molar-refractivity contribution is 5.04. The van der Waals surface area contributed by atoms with E-state index in [0.29, 0.717) is 0 Å². The van der Waals surface area contributed by atoms with Gasteiger partial charge < -0.3 is 5.32 Å². The number of hydrogen-bond donors (Lipinski definition) is 1. The van der Waals surface area contributed by atoms with Crippen LogP contribution < -0.4 is 5.32 Å². The van der Waals surface area contributed by atoms with Crippen LogP contribution in [0, 0.1) is 6.92 Å². The van der Waals surface area contributed by atoms with Gasteiger partial charge in [-0.05, 0) is 27.2 Å². The Kier molecular flexibility index (Phi) is 3.63. The topological polar surface area (TPSA) is 51.0 Å². The van der Waals surface area contributed by atoms with Crippen molar-refractivity contribution in [3.8, 4) is 0 Å². The minimum absolute atomic E-state index is 0.153. The van der Waals surface area contributed by atoms with Crippen LogP contribution in [-0.4, -0.2) is 15.9 Å². The Hall–Kier alpha value is -0.900. The number of nitrogens with one attached hydrogen (secondary N) is 1. The fraction of sp³-hybridized carbons (Fsp3) is 0.800. The molecule has 4 heteroatoms. The van der Waals surface area contributed by atoms with Gasteiger partial charge >= 0.3 is 0 Å². The van der Waals surface area contributed by atoms with Gasteiger partial charge in [0.25, 0.3) is 0 Å². The monoisotopic (exact) mass is 197 g/mol. The van der Waals surface area contributed by atoms with Gasteiger partial charge in [-0.2, -0.15) is 0 Å². The van der Waals surface area contributed by atoms with E-state index in [1.54, 1.807) is 0 Å². The predicted octanol–water partition coefficient (Wildman–Crippen LogP) is 2.05. The molecule has 0 unspecified atom stereocenters. The van der Waals surface area contributed by atoms with Crippen LogP contribution in [0.2, 0.25) is 0 Å². The third-order valence-corrected chi connectivity index (χ3v) is 2.36. The molecule has 1 aromatic rings. The summed E-state index contributed by atoms with van der Waals surface area (Å²) in [6.07, 6.45) is 2.33. The van der Waals surface area contributed by atoms with E-state index in [1.165, 1.54) is 6.42 Å². The molecule has 1 rings (SSSR count). The van der Waals surface area contributed by atoms with Crippen LogP contribution in [0.15, 0.2) is 4.63 Å². The predicted molar refractivity (Wildman–Crippen MR) is 54.9 cm³/mol. The molecule has 0 radical (unpaired) electrons. The van der Waals surface area contributed by atoms with Crippen molar-refractivity contribution in [1.82, 2.24) is 15.6 Å². The SMILES string of the molecule is CCCC(C)(C)NCc1nonc1C. The van der Waals surface area contributed by atoms with Gasteiger partial charge in [-0.1, -0.05) is 23.7 Å². The van der Waals surface area contributed by atoms with Crippen LogP contribution in [0.1, 0.15) is 45.0 Å². The third kappa shape index (κ3) is 3.10. The molecule has 0 aliphatic heterocycles. The molecule has 0 amide bonds. The maximum atomic E-state index is 4.63. The van der Waals surface area contributed by atoms with Crippen molar-refractivity contribution >= 4 is 0 Å². The quantitative estimate of drug-likeness (QED) is 0.784. The standard InChI is InChI=1S/C10H19N3O/c1-5-6-10(3,4)11-7-9-8(2)12-14-13-9/h11H,5-7H2,1-4H3. The van der Waals surface area contributed by atoms with E-state index < -0.39 is 0 Å². The van der Waals surface area contributed by atoms with Crippen molar-refractivity contribution in [2.75, 3.05) is 0 Å². The van der Waals surface area contributed by atoms with Crippen LogP contribution in [-0.2, 0) is 6.54 Å². The lowest BCUT2D eigenvalue weighted by molar-refractivity contribution is 0.295. The van der Waals surface area contributed by atoms with E-state index in [4.69, 9.17) is 0 Å². The second kappa shape index (κ2) is 4.55. The number of aromatic nitrogens is 2. The highest BCUT2D eigenvalue weighted by Gasteiger charge is 2.16. The highest BCUT2D eigenvalue weighted by Crippen LogP contribution is 2.12. The molecule has 4 nitrogen and oxygen atoms in total. The van der Waals surface area contributed by atoms with Crippen LogP contribution in [0.3, 0.4) is 0 Å². The summed E-state index contributed by atoms with van der Waals surface area (Å²) in [5.74, 6) is 0. The van der Waals surface area contributed by atoms with Crippen LogP contribution >= 0.6 is 0 Å². The summed E-state index contributed by atoms with van der Waals surface area (Å²) >= 11 is 0. The van der Waals surface area contributed by atoms with Crippen molar-refractivity contribution in [1.29, 1.82) is 0 Å². The molecule has 0 spiro atoms. The van der Waals surface area contributed by atoms with Gasteiger partial charge in [-0.3, -0.25) is 0 Å². The molecule has 1 aromatic heterocycles. The molecular formula is C10H19N3O. The van der Waals surface area contributed by atoms with Gasteiger partial charge in [0.05, 0.1) is 0 Å². The van der Waals surface area contributed by atoms with E-state index in [1.807, 2.05) is 6.92 Å². The summed E-state index contributed by atoms with van der Waals surface area (Å²) < 4.78 is 4.63. The summed E-state index contributed by atoms with van der Waals surface area (Å²) in [6, 6.07) is 0. The first-order chi connectivity index (χ1) is 6.55. The minimum Gasteiger partial charge on any atom is -0.306 e. The van der Waals surface area contributed by atoms with E-state index >= 15 is 0 Å². The normalized spacial score (nSPS) is 12.0. The first kappa shape index (κ1) is 11.2. The molecule has 0 aliphatic carbocycles. The van der Waals surface area contributed by atoms with Crippen LogP contribution in [0.4, 0.5) is 0 Å². The third-order valence-electron chi connectivity index (χ3n) is 2.36. The Balaban J connectivity index is 2.44. The minimum atomic E-state index is 0.153. The van der Waals surface area contributed by atoms with E-state index in [-0.39, 0.29) is 5.54 Å². The fourth-order valence-corrected chi connectivity index (χ4v) is 1.45. The number of nitrogens with zero attached hydrogens (tertiary/aromatic N) is 2. The summed E-state index contributed by atoms with van der Waals surface area (Å²) in [4.78, 5) is 0. The van der Waals surface area contributed by atoms with Gasteiger partial charge in [0, 0.05) is 12.1 Å². The lowest BCUT2D eigenvalue weighted by Crippen LogP contribution is -2.38. The zero-order chi connectivity index (χ0) is 10.6. The molecule has 0 atom stereocenters. The second-order valence-electron chi connectivity index (χ2n) is 4.28. The van der Waals surface area contributed by atoms with Gasteiger partial charge in [0.15, 0.2) is 0 Å². The molecule has 0 saturated heterocycles. The number of aryl methyl sites for hydroxylation is 1. The molecule has 0 aliphatic rings. The second-order valence-corrected chi connectivity index (χ2v) is 4.28.